The third-order valence-corrected chi connectivity index (χ3v) is 6.91. The smallest absolute Gasteiger partial charge is 0.295 e. The number of carbonyl (C=O) groups is 2. The third kappa shape index (κ3) is 4.17. The minimum absolute atomic E-state index is 0.0187. The zero-order valence-corrected chi connectivity index (χ0v) is 20.6. The highest BCUT2D eigenvalue weighted by molar-refractivity contribution is 6.46. The van der Waals surface area contributed by atoms with Gasteiger partial charge in [-0.25, -0.2) is 0 Å². The second kappa shape index (κ2) is 9.16. The molecule has 180 valence electrons. The number of ketones is 1. The summed E-state index contributed by atoms with van der Waals surface area (Å²) in [6.45, 7) is 6.18. The lowest BCUT2D eigenvalue weighted by molar-refractivity contribution is -0.141. The van der Waals surface area contributed by atoms with E-state index in [1.165, 1.54) is 0 Å². The van der Waals surface area contributed by atoms with Gasteiger partial charge in [0.05, 0.1) is 25.8 Å². The van der Waals surface area contributed by atoms with Crippen LogP contribution in [0.5, 0.6) is 11.5 Å². The molecule has 0 aromatic heterocycles. The number of methoxy groups -OCH3 is 2. The number of hydrogen-bond donors (Lipinski definition) is 1. The molecule has 0 radical (unpaired) electrons. The maximum Gasteiger partial charge on any atom is 0.295 e. The van der Waals surface area contributed by atoms with Crippen molar-refractivity contribution >= 4 is 17.4 Å². The number of benzene rings is 2. The van der Waals surface area contributed by atoms with Crippen LogP contribution >= 0.6 is 0 Å². The van der Waals surface area contributed by atoms with Crippen LogP contribution in [0.3, 0.4) is 0 Å². The Labute approximate surface area is 201 Å². The average molecular weight is 464 g/mol. The van der Waals surface area contributed by atoms with Crippen molar-refractivity contribution in [2.75, 3.05) is 14.2 Å². The number of aliphatic hydroxyl groups excluding tert-OH is 1. The van der Waals surface area contributed by atoms with Crippen LogP contribution in [0.1, 0.15) is 69.2 Å². The molecular formula is C28H33NO5. The summed E-state index contributed by atoms with van der Waals surface area (Å²) in [4.78, 5) is 28.3. The predicted molar refractivity (Wildman–Crippen MR) is 131 cm³/mol. The maximum absolute atomic E-state index is 13.3. The van der Waals surface area contributed by atoms with Crippen LogP contribution in [0.25, 0.3) is 5.76 Å². The lowest BCUT2D eigenvalue weighted by atomic mass is 9.84. The fourth-order valence-electron chi connectivity index (χ4n) is 5.12. The van der Waals surface area contributed by atoms with Crippen LogP contribution in [-0.4, -0.2) is 42.0 Å². The molecule has 6 nitrogen and oxygen atoms in total. The lowest BCUT2D eigenvalue weighted by Gasteiger charge is -2.31. The van der Waals surface area contributed by atoms with Gasteiger partial charge in [-0.2, -0.15) is 0 Å². The van der Waals surface area contributed by atoms with Crippen molar-refractivity contribution < 1.29 is 24.2 Å². The van der Waals surface area contributed by atoms with Gasteiger partial charge in [0.1, 0.15) is 17.3 Å². The first-order chi connectivity index (χ1) is 16.2. The Balaban J connectivity index is 1.89. The molecule has 1 aliphatic carbocycles. The second-order valence-electron chi connectivity index (χ2n) is 10.1. The largest absolute Gasteiger partial charge is 0.507 e. The van der Waals surface area contributed by atoms with Gasteiger partial charge in [0, 0.05) is 17.2 Å². The number of nitrogens with zero attached hydrogens (tertiary/aromatic N) is 1. The quantitative estimate of drug-likeness (QED) is 0.367. The lowest BCUT2D eigenvalue weighted by Crippen LogP contribution is -2.37. The summed E-state index contributed by atoms with van der Waals surface area (Å²) in [5.74, 6) is 0.0543. The molecule has 2 aliphatic rings. The van der Waals surface area contributed by atoms with Crippen molar-refractivity contribution in [2.45, 2.75) is 64.0 Å². The fraction of sp³-hybridized carbons (Fsp3) is 0.429. The fourth-order valence-corrected chi connectivity index (χ4v) is 5.12. The van der Waals surface area contributed by atoms with Crippen molar-refractivity contribution in [3.05, 3.63) is 64.7 Å². The van der Waals surface area contributed by atoms with E-state index in [9.17, 15) is 14.7 Å². The van der Waals surface area contributed by atoms with Gasteiger partial charge < -0.3 is 19.5 Å². The van der Waals surface area contributed by atoms with E-state index in [0.29, 0.717) is 17.1 Å². The monoisotopic (exact) mass is 463 g/mol. The molecule has 0 spiro atoms. The topological polar surface area (TPSA) is 76.1 Å². The number of hydrogen-bond acceptors (Lipinski definition) is 5. The van der Waals surface area contributed by atoms with Crippen LogP contribution in [0, 0.1) is 0 Å². The molecule has 1 saturated carbocycles. The molecule has 0 bridgehead atoms. The van der Waals surface area contributed by atoms with Crippen molar-refractivity contribution in [3.8, 4) is 11.5 Å². The van der Waals surface area contributed by atoms with Crippen LogP contribution in [-0.2, 0) is 15.0 Å². The summed E-state index contributed by atoms with van der Waals surface area (Å²) in [5, 5.41) is 11.5. The Morgan fingerprint density at radius 2 is 1.62 bits per heavy atom. The molecule has 6 heteroatoms. The van der Waals surface area contributed by atoms with E-state index in [4.69, 9.17) is 9.47 Å². The molecule has 1 amide bonds. The summed E-state index contributed by atoms with van der Waals surface area (Å²) >= 11 is 0. The van der Waals surface area contributed by atoms with E-state index >= 15 is 0 Å². The molecule has 4 rings (SSSR count). The Morgan fingerprint density at radius 3 is 2.18 bits per heavy atom. The van der Waals surface area contributed by atoms with Crippen LogP contribution in [0.15, 0.2) is 48.0 Å². The average Bonchev–Trinajstić information content (AvgIpc) is 3.44. The number of aliphatic hydroxyl groups is 1. The molecule has 2 aromatic carbocycles. The highest BCUT2D eigenvalue weighted by Gasteiger charge is 2.49. The van der Waals surface area contributed by atoms with Gasteiger partial charge in [-0.15, -0.1) is 0 Å². The van der Waals surface area contributed by atoms with Gasteiger partial charge in [0.25, 0.3) is 11.7 Å². The molecule has 34 heavy (non-hydrogen) atoms. The minimum Gasteiger partial charge on any atom is -0.507 e. The van der Waals surface area contributed by atoms with Gasteiger partial charge in [-0.3, -0.25) is 9.59 Å². The first-order valence-corrected chi connectivity index (χ1v) is 11.8. The normalized spacial score (nSPS) is 20.7. The number of rotatable bonds is 5. The Hall–Kier alpha value is -3.28. The summed E-state index contributed by atoms with van der Waals surface area (Å²) in [6, 6.07) is 12.1. The molecule has 2 fully saturated rings. The zero-order chi connectivity index (χ0) is 24.6. The minimum atomic E-state index is -0.644. The summed E-state index contributed by atoms with van der Waals surface area (Å²) in [6.07, 6.45) is 3.76. The molecular weight excluding hydrogens is 430 g/mol. The van der Waals surface area contributed by atoms with Gasteiger partial charge in [-0.05, 0) is 54.2 Å². The van der Waals surface area contributed by atoms with Crippen molar-refractivity contribution in [2.24, 2.45) is 0 Å². The number of Topliss-reactive ketones (excluding diaryl/α,β-unsaturated/α-hetero) is 1. The highest BCUT2D eigenvalue weighted by atomic mass is 16.5. The molecule has 1 saturated heterocycles. The first-order valence-electron chi connectivity index (χ1n) is 11.8. The van der Waals surface area contributed by atoms with E-state index in [2.05, 4.69) is 20.8 Å². The van der Waals surface area contributed by atoms with Crippen molar-refractivity contribution in [3.63, 3.8) is 0 Å². The summed E-state index contributed by atoms with van der Waals surface area (Å²) < 4.78 is 10.8. The third-order valence-electron chi connectivity index (χ3n) is 6.91. The van der Waals surface area contributed by atoms with Gasteiger partial charge in [0.15, 0.2) is 0 Å². The van der Waals surface area contributed by atoms with E-state index in [1.54, 1.807) is 31.3 Å². The Kier molecular flexibility index (Phi) is 6.43. The number of likely N-dealkylation sites (tertiary alicyclic amines) is 1. The Bertz CT molecular complexity index is 1120. The van der Waals surface area contributed by atoms with Gasteiger partial charge >= 0.3 is 0 Å². The van der Waals surface area contributed by atoms with Crippen LogP contribution in [0.4, 0.5) is 0 Å². The number of ether oxygens (including phenoxy) is 2. The van der Waals surface area contributed by atoms with Crippen LogP contribution in [0.2, 0.25) is 0 Å². The summed E-state index contributed by atoms with van der Waals surface area (Å²) in [5.41, 5.74) is 2.07. The SMILES string of the molecule is COc1ccc(C2/C(=C(/O)c3ccc(OC)c(C(C)(C)C)c3)C(=O)C(=O)N2C2CCCC2)cc1. The van der Waals surface area contributed by atoms with Gasteiger partial charge in [-0.1, -0.05) is 45.7 Å². The van der Waals surface area contributed by atoms with E-state index in [0.717, 1.165) is 36.8 Å². The molecule has 1 N–H and O–H groups in total. The van der Waals surface area contributed by atoms with Crippen molar-refractivity contribution in [1.82, 2.24) is 4.90 Å². The van der Waals surface area contributed by atoms with E-state index in [1.807, 2.05) is 30.3 Å². The maximum atomic E-state index is 13.3. The molecule has 1 aliphatic heterocycles. The molecule has 2 aromatic rings. The Morgan fingerprint density at radius 1 is 0.971 bits per heavy atom. The molecule has 1 unspecified atom stereocenters. The van der Waals surface area contributed by atoms with E-state index in [-0.39, 0.29) is 22.8 Å². The van der Waals surface area contributed by atoms with Gasteiger partial charge in [0.2, 0.25) is 0 Å². The zero-order valence-electron chi connectivity index (χ0n) is 20.6. The second-order valence-corrected chi connectivity index (χ2v) is 10.1. The number of amides is 1. The van der Waals surface area contributed by atoms with Crippen LogP contribution < -0.4 is 9.47 Å². The predicted octanol–water partition coefficient (Wildman–Crippen LogP) is 5.37. The first kappa shape index (κ1) is 23.9. The molecule has 1 atom stereocenters. The summed E-state index contributed by atoms with van der Waals surface area (Å²) in [7, 11) is 3.21. The molecule has 1 heterocycles. The standard InChI is InChI=1S/C28H33NO5/c1-28(2,3)21-16-18(12-15-22(21)34-5)25(30)23-24(17-10-13-20(33-4)14-11-17)29(27(32)26(23)31)19-8-6-7-9-19/h10-16,19,24,30H,6-9H2,1-5H3/b25-23-. The van der Waals surface area contributed by atoms with Crippen molar-refractivity contribution in [1.29, 1.82) is 0 Å². The number of carbonyl (C=O) groups excluding carboxylic acids is 2. The van der Waals surface area contributed by atoms with E-state index < -0.39 is 17.7 Å². The highest BCUT2D eigenvalue weighted by Crippen LogP contribution is 2.44.